The van der Waals surface area contributed by atoms with Crippen molar-refractivity contribution in [3.8, 4) is 0 Å². The lowest BCUT2D eigenvalue weighted by atomic mass is 10.2. The van der Waals surface area contributed by atoms with E-state index in [0.717, 1.165) is 19.1 Å². The number of hydrogen-bond donors (Lipinski definition) is 0. The molecule has 0 saturated heterocycles. The molecular formula is C12H26O3Si. The smallest absolute Gasteiger partial charge is 0.335 e. The van der Waals surface area contributed by atoms with Gasteiger partial charge in [-0.25, -0.2) is 0 Å². The fourth-order valence-corrected chi connectivity index (χ4v) is 3.95. The van der Waals surface area contributed by atoms with Crippen LogP contribution in [0.2, 0.25) is 12.6 Å². The van der Waals surface area contributed by atoms with Crippen molar-refractivity contribution in [1.82, 2.24) is 0 Å². The number of allylic oxidation sites excluding steroid dienone is 1. The number of hydrogen-bond acceptors (Lipinski definition) is 3. The van der Waals surface area contributed by atoms with Gasteiger partial charge in [0.2, 0.25) is 0 Å². The maximum atomic E-state index is 6.02. The summed E-state index contributed by atoms with van der Waals surface area (Å²) in [5, 5.41) is 0. The van der Waals surface area contributed by atoms with Gasteiger partial charge in [-0.15, -0.1) is 0 Å². The molecule has 0 amide bonds. The Kier molecular flexibility index (Phi) is 6.95. The molecule has 0 rings (SSSR count). The third-order valence-corrected chi connectivity index (χ3v) is 5.25. The van der Waals surface area contributed by atoms with Gasteiger partial charge in [-0.05, 0) is 46.7 Å². The van der Waals surface area contributed by atoms with Gasteiger partial charge in [-0.3, -0.25) is 0 Å². The molecule has 0 aromatic carbocycles. The Morgan fingerprint density at radius 1 is 1.25 bits per heavy atom. The second kappa shape index (κ2) is 7.09. The molecule has 0 N–H and O–H groups in total. The zero-order chi connectivity index (χ0) is 12.7. The van der Waals surface area contributed by atoms with Crippen LogP contribution in [0, 0.1) is 0 Å². The molecule has 0 spiro atoms. The maximum absolute atomic E-state index is 6.02. The quantitative estimate of drug-likeness (QED) is 0.391. The fraction of sp³-hybridized carbons (Fsp3) is 0.833. The Morgan fingerprint density at radius 3 is 2.31 bits per heavy atom. The molecule has 1 atom stereocenters. The molecule has 0 saturated carbocycles. The van der Waals surface area contributed by atoms with Gasteiger partial charge in [-0.2, -0.15) is 0 Å². The predicted molar refractivity (Wildman–Crippen MR) is 69.7 cm³/mol. The molecule has 0 bridgehead atoms. The minimum Gasteiger partial charge on any atom is -0.502 e. The number of rotatable bonds is 7. The van der Waals surface area contributed by atoms with Crippen molar-refractivity contribution in [3.63, 3.8) is 0 Å². The zero-order valence-corrected chi connectivity index (χ0v) is 12.5. The van der Waals surface area contributed by atoms with Gasteiger partial charge in [0.1, 0.15) is 0 Å². The van der Waals surface area contributed by atoms with E-state index in [4.69, 9.17) is 13.6 Å². The van der Waals surface area contributed by atoms with E-state index >= 15 is 0 Å². The van der Waals surface area contributed by atoms with Crippen molar-refractivity contribution >= 4 is 8.56 Å². The second-order valence-corrected chi connectivity index (χ2v) is 8.38. The molecule has 0 aliphatic rings. The van der Waals surface area contributed by atoms with Gasteiger partial charge in [0.15, 0.2) is 0 Å². The van der Waals surface area contributed by atoms with Gasteiger partial charge < -0.3 is 13.6 Å². The van der Waals surface area contributed by atoms with Crippen LogP contribution in [0.25, 0.3) is 0 Å². The highest BCUT2D eigenvalue weighted by Gasteiger charge is 2.34. The summed E-state index contributed by atoms with van der Waals surface area (Å²) in [6.45, 7) is 11.0. The van der Waals surface area contributed by atoms with E-state index in [1.807, 2.05) is 13.0 Å². The van der Waals surface area contributed by atoms with Crippen LogP contribution >= 0.6 is 0 Å². The molecule has 0 aromatic heterocycles. The Morgan fingerprint density at radius 2 is 1.88 bits per heavy atom. The molecular weight excluding hydrogens is 220 g/mol. The standard InChI is InChI=1S/C12H26O3Si/c1-7-9-14-10-8-11-16(6,13-5)15-12(2,3)4/h7,9H,8,10-11H2,1-6H3. The summed E-state index contributed by atoms with van der Waals surface area (Å²) < 4.78 is 16.9. The van der Waals surface area contributed by atoms with Crippen molar-refractivity contribution in [2.75, 3.05) is 13.7 Å². The second-order valence-electron chi connectivity index (χ2n) is 5.00. The normalized spacial score (nSPS) is 16.4. The van der Waals surface area contributed by atoms with Crippen LogP contribution in [0.15, 0.2) is 12.3 Å². The third kappa shape index (κ3) is 7.90. The summed E-state index contributed by atoms with van der Waals surface area (Å²) in [5.41, 5.74) is -0.138. The van der Waals surface area contributed by atoms with Crippen molar-refractivity contribution in [2.45, 2.75) is 52.3 Å². The summed E-state index contributed by atoms with van der Waals surface area (Å²) in [6, 6.07) is 0.957. The topological polar surface area (TPSA) is 27.7 Å². The molecule has 0 aromatic rings. The van der Waals surface area contributed by atoms with Gasteiger partial charge in [0, 0.05) is 7.11 Å². The highest BCUT2D eigenvalue weighted by molar-refractivity contribution is 6.66. The monoisotopic (exact) mass is 246 g/mol. The maximum Gasteiger partial charge on any atom is 0.335 e. The van der Waals surface area contributed by atoms with Gasteiger partial charge >= 0.3 is 8.56 Å². The van der Waals surface area contributed by atoms with Crippen LogP contribution in [0.5, 0.6) is 0 Å². The average molecular weight is 246 g/mol. The van der Waals surface area contributed by atoms with E-state index in [2.05, 4.69) is 27.3 Å². The number of ether oxygens (including phenoxy) is 1. The molecule has 3 nitrogen and oxygen atoms in total. The predicted octanol–water partition coefficient (Wildman–Crippen LogP) is 3.46. The summed E-state index contributed by atoms with van der Waals surface area (Å²) in [7, 11) is -0.282. The summed E-state index contributed by atoms with van der Waals surface area (Å²) in [6.07, 6.45) is 4.58. The van der Waals surface area contributed by atoms with Crippen molar-refractivity contribution in [2.24, 2.45) is 0 Å². The molecule has 0 fully saturated rings. The molecule has 1 unspecified atom stereocenters. The average Bonchev–Trinajstić information content (AvgIpc) is 2.15. The highest BCUT2D eigenvalue weighted by Crippen LogP contribution is 2.22. The SMILES string of the molecule is CC=COCCC[Si](C)(OC)OC(C)(C)C. The summed E-state index contributed by atoms with van der Waals surface area (Å²) in [4.78, 5) is 0. The Balaban J connectivity index is 3.97. The van der Waals surface area contributed by atoms with Crippen LogP contribution in [0.4, 0.5) is 0 Å². The lowest BCUT2D eigenvalue weighted by Gasteiger charge is -2.33. The van der Waals surface area contributed by atoms with E-state index in [0.29, 0.717) is 0 Å². The largest absolute Gasteiger partial charge is 0.502 e. The minimum absolute atomic E-state index is 0.138. The van der Waals surface area contributed by atoms with E-state index in [9.17, 15) is 0 Å². The van der Waals surface area contributed by atoms with Crippen molar-refractivity contribution < 1.29 is 13.6 Å². The van der Waals surface area contributed by atoms with Gasteiger partial charge in [-0.1, -0.05) is 6.08 Å². The molecule has 0 aliphatic carbocycles. The first-order valence-electron chi connectivity index (χ1n) is 5.81. The zero-order valence-electron chi connectivity index (χ0n) is 11.5. The Hall–Kier alpha value is -0.323. The van der Waals surface area contributed by atoms with E-state index in [-0.39, 0.29) is 5.60 Å². The van der Waals surface area contributed by atoms with Gasteiger partial charge in [0.05, 0.1) is 18.5 Å². The lowest BCUT2D eigenvalue weighted by Crippen LogP contribution is -2.44. The molecule has 96 valence electrons. The first-order valence-corrected chi connectivity index (χ1v) is 8.33. The minimum atomic E-state index is -2.02. The van der Waals surface area contributed by atoms with Crippen LogP contribution in [-0.4, -0.2) is 27.9 Å². The van der Waals surface area contributed by atoms with Gasteiger partial charge in [0.25, 0.3) is 0 Å². The summed E-state index contributed by atoms with van der Waals surface area (Å²) >= 11 is 0. The third-order valence-electron chi connectivity index (χ3n) is 2.08. The lowest BCUT2D eigenvalue weighted by molar-refractivity contribution is 0.0749. The van der Waals surface area contributed by atoms with E-state index in [1.165, 1.54) is 0 Å². The molecule has 4 heteroatoms. The molecule has 0 radical (unpaired) electrons. The van der Waals surface area contributed by atoms with Crippen molar-refractivity contribution in [3.05, 3.63) is 12.3 Å². The molecule has 16 heavy (non-hydrogen) atoms. The molecule has 0 aliphatic heterocycles. The van der Waals surface area contributed by atoms with Crippen LogP contribution in [0.3, 0.4) is 0 Å². The Bertz CT molecular complexity index is 211. The first-order chi connectivity index (χ1) is 7.33. The highest BCUT2D eigenvalue weighted by atomic mass is 28.4. The van der Waals surface area contributed by atoms with Crippen LogP contribution < -0.4 is 0 Å². The van der Waals surface area contributed by atoms with E-state index in [1.54, 1.807) is 13.4 Å². The van der Waals surface area contributed by atoms with E-state index < -0.39 is 8.56 Å². The van der Waals surface area contributed by atoms with Crippen molar-refractivity contribution in [1.29, 1.82) is 0 Å². The fourth-order valence-electron chi connectivity index (χ4n) is 1.48. The Labute approximate surface area is 101 Å². The van der Waals surface area contributed by atoms with Crippen LogP contribution in [0.1, 0.15) is 34.1 Å². The summed E-state index contributed by atoms with van der Waals surface area (Å²) in [5.74, 6) is 0. The first kappa shape index (κ1) is 15.7. The molecule has 0 heterocycles. The van der Waals surface area contributed by atoms with Crippen LogP contribution in [-0.2, 0) is 13.6 Å².